The van der Waals surface area contributed by atoms with Crippen molar-refractivity contribution in [3.8, 4) is 0 Å². The van der Waals surface area contributed by atoms with E-state index in [1.165, 1.54) is 0 Å². The van der Waals surface area contributed by atoms with E-state index in [1.807, 2.05) is 0 Å². The van der Waals surface area contributed by atoms with Crippen LogP contribution in [0.15, 0.2) is 24.5 Å². The van der Waals surface area contributed by atoms with Crippen LogP contribution in [0.5, 0.6) is 0 Å². The number of fused-ring (bicyclic) bond motifs is 1. The summed E-state index contributed by atoms with van der Waals surface area (Å²) in [4.78, 5) is 23.8. The molecule has 1 atom stereocenters. The second kappa shape index (κ2) is 3.07. The van der Waals surface area contributed by atoms with Crippen LogP contribution in [-0.2, 0) is 0 Å². The second-order valence-electron chi connectivity index (χ2n) is 3.70. The average Bonchev–Trinajstić information content (AvgIpc) is 2.96. The highest BCUT2D eigenvalue weighted by atomic mass is 16.2. The molecule has 1 fully saturated rings. The Morgan fingerprint density at radius 1 is 1.62 bits per heavy atom. The van der Waals surface area contributed by atoms with Gasteiger partial charge in [-0.15, -0.1) is 0 Å². The lowest BCUT2D eigenvalue weighted by Gasteiger charge is -1.99. The molecule has 1 aromatic heterocycles. The number of hydrogen-bond donors (Lipinski definition) is 1. The fraction of sp³-hybridized carbons (Fsp3) is 0.182. The Bertz CT molecular complexity index is 610. The van der Waals surface area contributed by atoms with E-state index in [9.17, 15) is 4.79 Å². The summed E-state index contributed by atoms with van der Waals surface area (Å²) in [6.45, 7) is 7.37. The number of rotatable bonds is 1. The fourth-order valence-corrected chi connectivity index (χ4v) is 1.69. The molecule has 1 unspecified atom stereocenters. The van der Waals surface area contributed by atoms with Crippen LogP contribution in [-0.4, -0.2) is 33.5 Å². The number of aromatic amines is 1. The van der Waals surface area contributed by atoms with Gasteiger partial charge in [-0.05, 0) is 18.2 Å². The predicted octanol–water partition coefficient (Wildman–Crippen LogP) is 1.26. The smallest absolute Gasteiger partial charge is 0.318 e. The van der Waals surface area contributed by atoms with Crippen molar-refractivity contribution in [3.05, 3.63) is 41.5 Å². The van der Waals surface area contributed by atoms with E-state index in [0.717, 1.165) is 11.0 Å². The summed E-state index contributed by atoms with van der Waals surface area (Å²) < 4.78 is 0. The quantitative estimate of drug-likeness (QED) is 0.571. The molecule has 2 aromatic rings. The monoisotopic (exact) mass is 212 g/mol. The number of nitrogens with zero attached hydrogens (tertiary/aromatic N) is 3. The third-order valence-electron chi connectivity index (χ3n) is 2.66. The Morgan fingerprint density at radius 3 is 3.25 bits per heavy atom. The maximum Gasteiger partial charge on any atom is 0.318 e. The Morgan fingerprint density at radius 2 is 2.50 bits per heavy atom. The number of aromatic nitrogens is 2. The molecule has 1 N–H and O–H groups in total. The molecule has 0 bridgehead atoms. The maximum atomic E-state index is 11.9. The van der Waals surface area contributed by atoms with Gasteiger partial charge in [-0.25, -0.2) is 11.6 Å². The summed E-state index contributed by atoms with van der Waals surface area (Å²) in [6, 6.07) is 5.31. The summed E-state index contributed by atoms with van der Waals surface area (Å²) >= 11 is 0. The van der Waals surface area contributed by atoms with Crippen LogP contribution >= 0.6 is 0 Å². The van der Waals surface area contributed by atoms with E-state index in [-0.39, 0.29) is 12.1 Å². The van der Waals surface area contributed by atoms with Crippen molar-refractivity contribution in [3.63, 3.8) is 0 Å². The number of benzene rings is 1. The van der Waals surface area contributed by atoms with E-state index in [2.05, 4.69) is 14.8 Å². The first-order valence-corrected chi connectivity index (χ1v) is 4.90. The van der Waals surface area contributed by atoms with Crippen LogP contribution in [0.4, 0.5) is 0 Å². The maximum absolute atomic E-state index is 11.9. The number of carbonyl (C=O) groups is 1. The summed E-state index contributed by atoms with van der Waals surface area (Å²) in [6.07, 6.45) is 1.34. The van der Waals surface area contributed by atoms with Gasteiger partial charge in [0.2, 0.25) is 0 Å². The molecular weight excluding hydrogens is 204 g/mol. The van der Waals surface area contributed by atoms with Crippen LogP contribution in [0.25, 0.3) is 15.9 Å². The average molecular weight is 212 g/mol. The first kappa shape index (κ1) is 8.92. The van der Waals surface area contributed by atoms with Crippen LogP contribution in [0, 0.1) is 6.57 Å². The number of amides is 1. The van der Waals surface area contributed by atoms with Crippen molar-refractivity contribution in [2.24, 2.45) is 0 Å². The van der Waals surface area contributed by atoms with Gasteiger partial charge in [-0.1, -0.05) is 0 Å². The zero-order valence-corrected chi connectivity index (χ0v) is 8.34. The van der Waals surface area contributed by atoms with Gasteiger partial charge in [-0.3, -0.25) is 14.5 Å². The Labute approximate surface area is 91.5 Å². The molecular formula is C11H8N4O. The van der Waals surface area contributed by atoms with E-state index in [1.54, 1.807) is 29.4 Å². The molecule has 0 aliphatic carbocycles. The molecule has 5 heteroatoms. The van der Waals surface area contributed by atoms with Crippen LogP contribution < -0.4 is 0 Å². The van der Waals surface area contributed by atoms with Gasteiger partial charge in [0, 0.05) is 5.56 Å². The van der Waals surface area contributed by atoms with Crippen LogP contribution in [0.2, 0.25) is 0 Å². The summed E-state index contributed by atoms with van der Waals surface area (Å²) in [5, 5.41) is 0. The lowest BCUT2D eigenvalue weighted by molar-refractivity contribution is 0.0879. The second-order valence-corrected chi connectivity index (χ2v) is 3.70. The third-order valence-corrected chi connectivity index (χ3v) is 2.66. The molecule has 1 saturated heterocycles. The standard InChI is InChI=1S/C11H8N4O/c1-12-10-5-15(10)11(16)7-2-3-8-9(4-7)14-6-13-8/h2-4,6,10H,5H2,(H,13,14). The fourth-order valence-electron chi connectivity index (χ4n) is 1.69. The summed E-state index contributed by atoms with van der Waals surface area (Å²) in [5.74, 6) is -0.0856. The topological polar surface area (TPSA) is 53.1 Å². The van der Waals surface area contributed by atoms with Gasteiger partial charge in [0.1, 0.15) is 6.54 Å². The number of hydrogen-bond acceptors (Lipinski definition) is 2. The van der Waals surface area contributed by atoms with E-state index < -0.39 is 0 Å². The van der Waals surface area contributed by atoms with Gasteiger partial charge in [0.05, 0.1) is 17.4 Å². The highest BCUT2D eigenvalue weighted by molar-refractivity contribution is 5.98. The molecule has 0 radical (unpaired) electrons. The number of H-pyrrole nitrogens is 1. The van der Waals surface area contributed by atoms with Crippen LogP contribution in [0.3, 0.4) is 0 Å². The normalized spacial score (nSPS) is 18.4. The third kappa shape index (κ3) is 1.24. The van der Waals surface area contributed by atoms with Crippen molar-refractivity contribution in [1.29, 1.82) is 0 Å². The largest absolute Gasteiger partial charge is 0.345 e. The van der Waals surface area contributed by atoms with Crippen LogP contribution in [0.1, 0.15) is 10.4 Å². The van der Waals surface area contributed by atoms with Crippen molar-refractivity contribution in [2.75, 3.05) is 6.54 Å². The summed E-state index contributed by atoms with van der Waals surface area (Å²) in [5.41, 5.74) is 2.28. The number of imidazole rings is 1. The molecule has 1 amide bonds. The molecule has 78 valence electrons. The molecule has 0 saturated carbocycles. The van der Waals surface area contributed by atoms with Gasteiger partial charge < -0.3 is 4.98 Å². The molecule has 0 spiro atoms. The highest BCUT2D eigenvalue weighted by Gasteiger charge is 2.45. The highest BCUT2D eigenvalue weighted by Crippen LogP contribution is 2.23. The number of nitrogens with one attached hydrogen (secondary N) is 1. The molecule has 1 aromatic carbocycles. The first-order chi connectivity index (χ1) is 7.79. The molecule has 2 heterocycles. The zero-order chi connectivity index (χ0) is 11.1. The zero-order valence-electron chi connectivity index (χ0n) is 8.34. The van der Waals surface area contributed by atoms with Gasteiger partial charge in [-0.2, -0.15) is 0 Å². The van der Waals surface area contributed by atoms with E-state index in [0.29, 0.717) is 12.1 Å². The first-order valence-electron chi connectivity index (χ1n) is 4.90. The van der Waals surface area contributed by atoms with Crippen molar-refractivity contribution in [1.82, 2.24) is 14.9 Å². The minimum absolute atomic E-state index is 0.0856. The molecule has 1 aliphatic heterocycles. The van der Waals surface area contributed by atoms with Gasteiger partial charge in [0.15, 0.2) is 0 Å². The minimum Gasteiger partial charge on any atom is -0.345 e. The Kier molecular flexibility index (Phi) is 1.71. The number of carbonyl (C=O) groups excluding carboxylic acids is 1. The predicted molar refractivity (Wildman–Crippen MR) is 57.5 cm³/mol. The lowest BCUT2D eigenvalue weighted by atomic mass is 10.2. The van der Waals surface area contributed by atoms with Gasteiger partial charge >= 0.3 is 6.17 Å². The SMILES string of the molecule is [C-]#[N+]C1CN1C(=O)c1ccc2nc[nH]c2c1. The molecule has 16 heavy (non-hydrogen) atoms. The van der Waals surface area contributed by atoms with Crippen molar-refractivity contribution in [2.45, 2.75) is 6.17 Å². The molecule has 3 rings (SSSR count). The molecule has 1 aliphatic rings. The van der Waals surface area contributed by atoms with Crippen molar-refractivity contribution < 1.29 is 4.79 Å². The minimum atomic E-state index is -0.259. The molecule has 5 nitrogen and oxygen atoms in total. The van der Waals surface area contributed by atoms with Crippen molar-refractivity contribution >= 4 is 16.9 Å². The van der Waals surface area contributed by atoms with Gasteiger partial charge in [0.25, 0.3) is 5.91 Å². The van der Waals surface area contributed by atoms with E-state index >= 15 is 0 Å². The summed E-state index contributed by atoms with van der Waals surface area (Å²) in [7, 11) is 0. The lowest BCUT2D eigenvalue weighted by Crippen LogP contribution is -2.12. The van der Waals surface area contributed by atoms with E-state index in [4.69, 9.17) is 6.57 Å². The Balaban J connectivity index is 1.94. The Hall–Kier alpha value is -2.35.